The van der Waals surface area contributed by atoms with Crippen LogP contribution in [-0.4, -0.2) is 5.33 Å². The minimum atomic E-state index is 1.11. The van der Waals surface area contributed by atoms with Gasteiger partial charge in [0.25, 0.3) is 0 Å². The zero-order chi connectivity index (χ0) is 12.4. The summed E-state index contributed by atoms with van der Waals surface area (Å²) in [7, 11) is 0. The van der Waals surface area contributed by atoms with Crippen molar-refractivity contribution in [1.82, 2.24) is 0 Å². The zero-order valence-corrected chi connectivity index (χ0v) is 12.0. The second-order valence-corrected chi connectivity index (χ2v) is 5.72. The summed E-state index contributed by atoms with van der Waals surface area (Å²) < 4.78 is 0. The molecule has 1 aliphatic rings. The molecule has 0 heterocycles. The summed E-state index contributed by atoms with van der Waals surface area (Å²) in [4.78, 5) is 0. The van der Waals surface area contributed by atoms with Crippen LogP contribution in [0.25, 0.3) is 11.1 Å². The van der Waals surface area contributed by atoms with Crippen molar-refractivity contribution in [3.8, 4) is 11.1 Å². The second kappa shape index (κ2) is 5.27. The van der Waals surface area contributed by atoms with E-state index in [4.69, 9.17) is 0 Å². The van der Waals surface area contributed by atoms with Crippen molar-refractivity contribution in [1.29, 1.82) is 0 Å². The van der Waals surface area contributed by atoms with Gasteiger partial charge in [-0.05, 0) is 53.5 Å². The van der Waals surface area contributed by atoms with E-state index in [1.165, 1.54) is 36.0 Å². The molecule has 0 spiro atoms. The lowest BCUT2D eigenvalue weighted by molar-refractivity contribution is 0.800. The predicted octanol–water partition coefficient (Wildman–Crippen LogP) is 4.98. The van der Waals surface area contributed by atoms with E-state index < -0.39 is 0 Å². The van der Waals surface area contributed by atoms with Gasteiger partial charge in [-0.2, -0.15) is 0 Å². The molecule has 0 bridgehead atoms. The number of rotatable bonds is 4. The van der Waals surface area contributed by atoms with Crippen molar-refractivity contribution in [2.24, 2.45) is 0 Å². The molecule has 0 nitrogen and oxygen atoms in total. The Labute approximate surface area is 117 Å². The summed E-state index contributed by atoms with van der Waals surface area (Å²) in [5, 5.41) is 1.11. The molecule has 0 saturated heterocycles. The van der Waals surface area contributed by atoms with Crippen LogP contribution in [0.1, 0.15) is 29.5 Å². The van der Waals surface area contributed by atoms with E-state index in [0.717, 1.165) is 11.8 Å². The van der Waals surface area contributed by atoms with Crippen molar-refractivity contribution in [3.63, 3.8) is 0 Å². The lowest BCUT2D eigenvalue weighted by atomic mass is 9.98. The molecule has 3 rings (SSSR count). The Hall–Kier alpha value is -1.08. The fraction of sp³-hybridized carbons (Fsp3) is 0.294. The Kier molecular flexibility index (Phi) is 3.51. The van der Waals surface area contributed by atoms with Crippen molar-refractivity contribution < 1.29 is 0 Å². The van der Waals surface area contributed by atoms with Crippen LogP contribution in [-0.2, 0) is 12.8 Å². The number of hydrogen-bond acceptors (Lipinski definition) is 0. The van der Waals surface area contributed by atoms with E-state index in [1.54, 1.807) is 11.1 Å². The van der Waals surface area contributed by atoms with Gasteiger partial charge in [0.05, 0.1) is 0 Å². The number of hydrogen-bond donors (Lipinski definition) is 0. The standard InChI is InChI=1S/C17H17Br/c18-11-4-3-6-13-8-5-10-16-15-9-2-1-7-14(15)12-17(13)16/h1-2,5,7-10H,3-4,6,11-12H2. The van der Waals surface area contributed by atoms with Crippen molar-refractivity contribution in [3.05, 3.63) is 59.2 Å². The Bertz CT molecular complexity index is 557. The molecule has 0 unspecified atom stereocenters. The fourth-order valence-corrected chi connectivity index (χ4v) is 3.26. The number of benzene rings is 2. The SMILES string of the molecule is BrCCCCc1cccc2c1Cc1ccccc1-2. The third-order valence-corrected chi connectivity index (χ3v) is 4.34. The van der Waals surface area contributed by atoms with Gasteiger partial charge in [0, 0.05) is 5.33 Å². The van der Waals surface area contributed by atoms with Crippen LogP contribution < -0.4 is 0 Å². The van der Waals surface area contributed by atoms with Crippen molar-refractivity contribution >= 4 is 15.9 Å². The molecule has 0 aliphatic heterocycles. The molecule has 1 heteroatoms. The molecule has 0 saturated carbocycles. The average molecular weight is 301 g/mol. The molecule has 1 aliphatic carbocycles. The lowest BCUT2D eigenvalue weighted by Gasteiger charge is -2.08. The molecule has 0 N–H and O–H groups in total. The van der Waals surface area contributed by atoms with E-state index in [9.17, 15) is 0 Å². The van der Waals surface area contributed by atoms with Gasteiger partial charge in [0.2, 0.25) is 0 Å². The van der Waals surface area contributed by atoms with Gasteiger partial charge >= 0.3 is 0 Å². The summed E-state index contributed by atoms with van der Waals surface area (Å²) in [5.41, 5.74) is 7.50. The summed E-state index contributed by atoms with van der Waals surface area (Å²) >= 11 is 3.51. The first-order valence-electron chi connectivity index (χ1n) is 6.65. The van der Waals surface area contributed by atoms with Crippen LogP contribution in [0.15, 0.2) is 42.5 Å². The van der Waals surface area contributed by atoms with Crippen molar-refractivity contribution in [2.75, 3.05) is 5.33 Å². The Morgan fingerprint density at radius 2 is 1.72 bits per heavy atom. The van der Waals surface area contributed by atoms with E-state index in [-0.39, 0.29) is 0 Å². The summed E-state index contributed by atoms with van der Waals surface area (Å²) in [5.74, 6) is 0. The molecule has 0 aromatic heterocycles. The van der Waals surface area contributed by atoms with Crippen LogP contribution in [0.2, 0.25) is 0 Å². The zero-order valence-electron chi connectivity index (χ0n) is 10.5. The monoisotopic (exact) mass is 300 g/mol. The normalized spacial score (nSPS) is 12.3. The first kappa shape index (κ1) is 12.0. The fourth-order valence-electron chi connectivity index (χ4n) is 2.87. The van der Waals surface area contributed by atoms with Gasteiger partial charge in [-0.25, -0.2) is 0 Å². The minimum Gasteiger partial charge on any atom is -0.0928 e. The maximum absolute atomic E-state index is 3.51. The maximum atomic E-state index is 3.51. The molecule has 0 radical (unpaired) electrons. The van der Waals surface area contributed by atoms with E-state index in [2.05, 4.69) is 58.4 Å². The molecule has 2 aromatic rings. The Balaban J connectivity index is 1.93. The highest BCUT2D eigenvalue weighted by molar-refractivity contribution is 9.09. The van der Waals surface area contributed by atoms with E-state index >= 15 is 0 Å². The van der Waals surface area contributed by atoms with Crippen LogP contribution in [0.3, 0.4) is 0 Å². The van der Waals surface area contributed by atoms with Crippen LogP contribution >= 0.6 is 15.9 Å². The maximum Gasteiger partial charge on any atom is 0.00314 e. The molecular weight excluding hydrogens is 284 g/mol. The molecule has 0 amide bonds. The predicted molar refractivity (Wildman–Crippen MR) is 81.4 cm³/mol. The summed E-state index contributed by atoms with van der Waals surface area (Å²) in [6.45, 7) is 0. The van der Waals surface area contributed by atoms with E-state index in [0.29, 0.717) is 0 Å². The number of unbranched alkanes of at least 4 members (excludes halogenated alkanes) is 1. The summed E-state index contributed by atoms with van der Waals surface area (Å²) in [6.07, 6.45) is 4.87. The van der Waals surface area contributed by atoms with Crippen LogP contribution in [0, 0.1) is 0 Å². The Morgan fingerprint density at radius 1 is 0.889 bits per heavy atom. The highest BCUT2D eigenvalue weighted by Gasteiger charge is 2.19. The largest absolute Gasteiger partial charge is 0.0928 e. The third kappa shape index (κ3) is 2.12. The molecule has 18 heavy (non-hydrogen) atoms. The number of halogens is 1. The van der Waals surface area contributed by atoms with Crippen LogP contribution in [0.4, 0.5) is 0 Å². The first-order valence-corrected chi connectivity index (χ1v) is 7.77. The molecule has 0 atom stereocenters. The number of aryl methyl sites for hydroxylation is 1. The van der Waals surface area contributed by atoms with Gasteiger partial charge in [-0.15, -0.1) is 0 Å². The molecule has 0 fully saturated rings. The van der Waals surface area contributed by atoms with Crippen molar-refractivity contribution in [2.45, 2.75) is 25.7 Å². The quantitative estimate of drug-likeness (QED) is 0.471. The molecule has 2 aromatic carbocycles. The average Bonchev–Trinajstić information content (AvgIpc) is 2.79. The Morgan fingerprint density at radius 3 is 2.61 bits per heavy atom. The van der Waals surface area contributed by atoms with Gasteiger partial charge < -0.3 is 0 Å². The third-order valence-electron chi connectivity index (χ3n) is 3.78. The molecular formula is C17H17Br. The smallest absolute Gasteiger partial charge is 0.00314 e. The lowest BCUT2D eigenvalue weighted by Crippen LogP contribution is -1.93. The van der Waals surface area contributed by atoms with Gasteiger partial charge in [0.1, 0.15) is 0 Å². The van der Waals surface area contributed by atoms with Gasteiger partial charge in [-0.1, -0.05) is 58.4 Å². The van der Waals surface area contributed by atoms with Crippen LogP contribution in [0.5, 0.6) is 0 Å². The first-order chi connectivity index (χ1) is 8.90. The molecule has 92 valence electrons. The minimum absolute atomic E-state index is 1.11. The number of fused-ring (bicyclic) bond motifs is 3. The van der Waals surface area contributed by atoms with E-state index in [1.807, 2.05) is 0 Å². The summed E-state index contributed by atoms with van der Waals surface area (Å²) in [6, 6.07) is 15.6. The topological polar surface area (TPSA) is 0 Å². The highest BCUT2D eigenvalue weighted by Crippen LogP contribution is 2.38. The number of alkyl halides is 1. The van der Waals surface area contributed by atoms with Gasteiger partial charge in [0.15, 0.2) is 0 Å². The van der Waals surface area contributed by atoms with Gasteiger partial charge in [-0.3, -0.25) is 0 Å². The highest BCUT2D eigenvalue weighted by atomic mass is 79.9. The second-order valence-electron chi connectivity index (χ2n) is 4.92.